The van der Waals surface area contributed by atoms with Crippen LogP contribution < -0.4 is 5.56 Å². The fourth-order valence-electron chi connectivity index (χ4n) is 1.74. The molecule has 0 aliphatic carbocycles. The number of benzene rings is 1. The maximum absolute atomic E-state index is 11.9. The molecule has 4 nitrogen and oxygen atoms in total. The van der Waals surface area contributed by atoms with Crippen LogP contribution in [0.25, 0.3) is 20.8 Å². The monoisotopic (exact) mass is 265 g/mol. The molecule has 0 atom stereocenters. The highest BCUT2D eigenvalue weighted by atomic mass is 32.1. The van der Waals surface area contributed by atoms with E-state index >= 15 is 0 Å². The Morgan fingerprint density at radius 1 is 1.21 bits per heavy atom. The summed E-state index contributed by atoms with van der Waals surface area (Å²) in [6.45, 7) is 0. The molecule has 2 heterocycles. The number of hydrogen-bond donors (Lipinski definition) is 0. The zero-order valence-corrected chi connectivity index (χ0v) is 10.5. The van der Waals surface area contributed by atoms with Crippen LogP contribution in [-0.4, -0.2) is 9.97 Å². The minimum Gasteiger partial charge on any atom is -0.267 e. The van der Waals surface area contributed by atoms with Crippen molar-refractivity contribution >= 4 is 21.4 Å². The Hall–Kier alpha value is -2.58. The zero-order valence-electron chi connectivity index (χ0n) is 9.70. The Morgan fingerprint density at radius 2 is 2.05 bits per heavy atom. The van der Waals surface area contributed by atoms with Crippen molar-refractivity contribution in [1.82, 2.24) is 9.97 Å². The average molecular weight is 265 g/mol. The Balaban J connectivity index is 2.26. The van der Waals surface area contributed by atoms with Crippen molar-refractivity contribution in [1.29, 1.82) is 5.26 Å². The maximum atomic E-state index is 11.9. The second kappa shape index (κ2) is 4.59. The molecule has 90 valence electrons. The fourth-order valence-corrected chi connectivity index (χ4v) is 2.70. The molecule has 0 aliphatic heterocycles. The van der Waals surface area contributed by atoms with E-state index in [-0.39, 0.29) is 5.56 Å². The summed E-state index contributed by atoms with van der Waals surface area (Å²) in [7, 11) is 0. The molecule has 0 saturated carbocycles. The summed E-state index contributed by atoms with van der Waals surface area (Å²) in [5.41, 5.74) is 0.778. The number of fused-ring (bicyclic) bond motifs is 1. The Bertz CT molecular complexity index is 864. The summed E-state index contributed by atoms with van der Waals surface area (Å²) in [4.78, 5) is 20.1. The van der Waals surface area contributed by atoms with Crippen LogP contribution >= 0.6 is 11.3 Å². The van der Waals surface area contributed by atoms with Crippen LogP contribution in [0.1, 0.15) is 5.56 Å². The van der Waals surface area contributed by atoms with E-state index in [0.717, 1.165) is 4.70 Å². The van der Waals surface area contributed by atoms with Gasteiger partial charge in [-0.1, -0.05) is 12.1 Å². The van der Waals surface area contributed by atoms with Crippen LogP contribution in [0, 0.1) is 11.3 Å². The zero-order chi connectivity index (χ0) is 13.2. The number of aromatic nitrogens is 2. The maximum Gasteiger partial charge on any atom is 0.279 e. The first kappa shape index (κ1) is 11.5. The van der Waals surface area contributed by atoms with Crippen LogP contribution in [0.2, 0.25) is 0 Å². The van der Waals surface area contributed by atoms with E-state index in [2.05, 4.69) is 9.97 Å². The van der Waals surface area contributed by atoms with Gasteiger partial charge in [-0.15, -0.1) is 11.3 Å². The summed E-state index contributed by atoms with van der Waals surface area (Å²) >= 11 is 1.39. The molecule has 0 unspecified atom stereocenters. The second-order valence-corrected chi connectivity index (χ2v) is 4.89. The van der Waals surface area contributed by atoms with Crippen LogP contribution in [0.3, 0.4) is 0 Å². The quantitative estimate of drug-likeness (QED) is 0.678. The molecule has 0 aliphatic rings. The van der Waals surface area contributed by atoms with Crippen molar-refractivity contribution in [2.75, 3.05) is 0 Å². The Labute approximate surface area is 112 Å². The topological polar surface area (TPSA) is 66.6 Å². The van der Waals surface area contributed by atoms with Crippen molar-refractivity contribution < 1.29 is 0 Å². The molecule has 0 amide bonds. The third kappa shape index (κ3) is 2.09. The van der Waals surface area contributed by atoms with Crippen LogP contribution in [0.15, 0.2) is 47.4 Å². The lowest BCUT2D eigenvalue weighted by Gasteiger charge is -2.00. The number of nitriles is 1. The third-order valence-electron chi connectivity index (χ3n) is 2.64. The van der Waals surface area contributed by atoms with Gasteiger partial charge in [0.25, 0.3) is 5.56 Å². The molecular weight excluding hydrogens is 258 g/mol. The van der Waals surface area contributed by atoms with Gasteiger partial charge < -0.3 is 0 Å². The minimum atomic E-state index is -0.270. The average Bonchev–Trinajstić information content (AvgIpc) is 2.47. The SMILES string of the molecule is N#Cc1ccnc(-c2nc(=O)c3ccccc3s2)c1. The van der Waals surface area contributed by atoms with E-state index in [9.17, 15) is 4.79 Å². The first-order chi connectivity index (χ1) is 9.28. The van der Waals surface area contributed by atoms with Crippen LogP contribution in [0.4, 0.5) is 0 Å². The molecule has 0 bridgehead atoms. The molecule has 3 aromatic rings. The largest absolute Gasteiger partial charge is 0.279 e. The highest BCUT2D eigenvalue weighted by Crippen LogP contribution is 2.24. The van der Waals surface area contributed by atoms with E-state index < -0.39 is 0 Å². The molecule has 3 rings (SSSR count). The fraction of sp³-hybridized carbons (Fsp3) is 0. The summed E-state index contributed by atoms with van der Waals surface area (Å²) in [5.74, 6) is 0. The molecule has 0 fully saturated rings. The molecule has 19 heavy (non-hydrogen) atoms. The molecule has 0 radical (unpaired) electrons. The molecule has 0 spiro atoms. The molecule has 2 aromatic heterocycles. The predicted octanol–water partition coefficient (Wildman–Crippen LogP) is 2.59. The number of nitrogens with zero attached hydrogens (tertiary/aromatic N) is 3. The Kier molecular flexibility index (Phi) is 2.78. The van der Waals surface area contributed by atoms with Gasteiger partial charge in [-0.25, -0.2) is 0 Å². The molecular formula is C14H7N3OS. The van der Waals surface area contributed by atoms with E-state index in [4.69, 9.17) is 5.26 Å². The molecule has 5 heteroatoms. The lowest BCUT2D eigenvalue weighted by atomic mass is 10.2. The second-order valence-electron chi connectivity index (χ2n) is 3.86. The van der Waals surface area contributed by atoms with Gasteiger partial charge in [0.1, 0.15) is 10.7 Å². The summed E-state index contributed by atoms with van der Waals surface area (Å²) in [6, 6.07) is 12.6. The molecule has 1 aromatic carbocycles. The number of hydrogen-bond acceptors (Lipinski definition) is 5. The van der Waals surface area contributed by atoms with Gasteiger partial charge in [-0.3, -0.25) is 9.78 Å². The lowest BCUT2D eigenvalue weighted by molar-refractivity contribution is 1.25. The van der Waals surface area contributed by atoms with Gasteiger partial charge in [-0.05, 0) is 24.3 Å². The predicted molar refractivity (Wildman–Crippen MR) is 73.8 cm³/mol. The number of rotatable bonds is 1. The standard InChI is InChI=1S/C14H7N3OS/c15-8-9-5-6-16-11(7-9)14-17-13(18)10-3-1-2-4-12(10)19-14/h1-7H. The normalized spacial score (nSPS) is 10.3. The lowest BCUT2D eigenvalue weighted by Crippen LogP contribution is -2.06. The van der Waals surface area contributed by atoms with Gasteiger partial charge in [0.2, 0.25) is 0 Å². The summed E-state index contributed by atoms with van der Waals surface area (Å²) in [5, 5.41) is 10.0. The van der Waals surface area contributed by atoms with Crippen molar-refractivity contribution in [3.63, 3.8) is 0 Å². The highest BCUT2D eigenvalue weighted by Gasteiger charge is 2.07. The van der Waals surface area contributed by atoms with E-state index in [0.29, 0.717) is 21.7 Å². The van der Waals surface area contributed by atoms with E-state index in [1.165, 1.54) is 11.3 Å². The van der Waals surface area contributed by atoms with Gasteiger partial charge in [0.15, 0.2) is 0 Å². The molecule has 0 saturated heterocycles. The van der Waals surface area contributed by atoms with Gasteiger partial charge >= 0.3 is 0 Å². The van der Waals surface area contributed by atoms with E-state index in [1.54, 1.807) is 24.4 Å². The van der Waals surface area contributed by atoms with Crippen molar-refractivity contribution in [2.24, 2.45) is 0 Å². The van der Waals surface area contributed by atoms with Crippen molar-refractivity contribution in [3.05, 3.63) is 58.5 Å². The summed E-state index contributed by atoms with van der Waals surface area (Å²) < 4.78 is 0.863. The van der Waals surface area contributed by atoms with Crippen LogP contribution in [0.5, 0.6) is 0 Å². The van der Waals surface area contributed by atoms with Crippen LogP contribution in [-0.2, 0) is 0 Å². The first-order valence-corrected chi connectivity index (χ1v) is 6.36. The minimum absolute atomic E-state index is 0.270. The van der Waals surface area contributed by atoms with Gasteiger partial charge in [0.05, 0.1) is 17.0 Å². The molecule has 0 N–H and O–H groups in total. The van der Waals surface area contributed by atoms with Crippen molar-refractivity contribution in [3.8, 4) is 16.8 Å². The highest BCUT2D eigenvalue weighted by molar-refractivity contribution is 7.21. The summed E-state index contributed by atoms with van der Waals surface area (Å²) in [6.07, 6.45) is 1.54. The Morgan fingerprint density at radius 3 is 2.89 bits per heavy atom. The third-order valence-corrected chi connectivity index (χ3v) is 3.71. The van der Waals surface area contributed by atoms with Gasteiger partial charge in [-0.2, -0.15) is 10.2 Å². The van der Waals surface area contributed by atoms with Crippen molar-refractivity contribution in [2.45, 2.75) is 0 Å². The van der Waals surface area contributed by atoms with E-state index in [1.807, 2.05) is 24.3 Å². The smallest absolute Gasteiger partial charge is 0.267 e. The number of pyridine rings is 1. The first-order valence-electron chi connectivity index (χ1n) is 5.54. The van der Waals surface area contributed by atoms with Gasteiger partial charge in [0, 0.05) is 10.9 Å².